The minimum Gasteiger partial charge on any atom is -0.507 e. The summed E-state index contributed by atoms with van der Waals surface area (Å²) < 4.78 is 4.83. The van der Waals surface area contributed by atoms with Crippen molar-refractivity contribution in [1.29, 1.82) is 0 Å². The van der Waals surface area contributed by atoms with Gasteiger partial charge >= 0.3 is 5.63 Å². The zero-order chi connectivity index (χ0) is 10.7. The molecule has 1 aromatic heterocycles. The van der Waals surface area contributed by atoms with Gasteiger partial charge < -0.3 is 14.9 Å². The Morgan fingerprint density at radius 2 is 2.29 bits per heavy atom. The predicted molar refractivity (Wildman–Crippen MR) is 52.7 cm³/mol. The van der Waals surface area contributed by atoms with Crippen molar-refractivity contribution in [3.8, 4) is 5.75 Å². The first kappa shape index (κ1) is 10.3. The van der Waals surface area contributed by atoms with Crippen LogP contribution in [0.15, 0.2) is 20.4 Å². The topological polar surface area (TPSA) is 74.8 Å². The van der Waals surface area contributed by atoms with Gasteiger partial charge in [0, 0.05) is 13.1 Å². The Hall–Kier alpha value is -1.78. The summed E-state index contributed by atoms with van der Waals surface area (Å²) in [4.78, 5) is 11.3. The highest BCUT2D eigenvalue weighted by Crippen LogP contribution is 2.14. The second kappa shape index (κ2) is 3.95. The molecule has 1 rings (SSSR count). The first-order chi connectivity index (χ1) is 6.56. The molecule has 0 saturated heterocycles. The summed E-state index contributed by atoms with van der Waals surface area (Å²) >= 11 is 0. The van der Waals surface area contributed by atoms with Gasteiger partial charge in [-0.25, -0.2) is 4.79 Å². The van der Waals surface area contributed by atoms with Crippen molar-refractivity contribution >= 4 is 5.71 Å². The maximum absolute atomic E-state index is 11.3. The van der Waals surface area contributed by atoms with E-state index in [2.05, 4.69) is 10.5 Å². The fraction of sp³-hybridized carbons (Fsp3) is 0.333. The number of nitrogens with one attached hydrogen (secondary N) is 1. The molecule has 5 nitrogen and oxygen atoms in total. The van der Waals surface area contributed by atoms with Crippen LogP contribution in [0.5, 0.6) is 5.75 Å². The first-order valence-corrected chi connectivity index (χ1v) is 4.11. The number of hydrogen-bond donors (Lipinski definition) is 2. The lowest BCUT2D eigenvalue weighted by molar-refractivity contribution is 0.432. The summed E-state index contributed by atoms with van der Waals surface area (Å²) in [5.41, 5.74) is 2.42. The minimum atomic E-state index is -0.584. The second-order valence-electron chi connectivity index (χ2n) is 2.83. The van der Waals surface area contributed by atoms with Crippen molar-refractivity contribution in [2.45, 2.75) is 13.8 Å². The molecule has 0 aliphatic carbocycles. The molecule has 0 aromatic carbocycles. The van der Waals surface area contributed by atoms with Gasteiger partial charge in [-0.05, 0) is 13.8 Å². The van der Waals surface area contributed by atoms with Crippen LogP contribution in [0.2, 0.25) is 0 Å². The number of hydrogen-bond acceptors (Lipinski definition) is 5. The summed E-state index contributed by atoms with van der Waals surface area (Å²) in [6.45, 7) is 3.20. The van der Waals surface area contributed by atoms with E-state index in [0.717, 1.165) is 0 Å². The molecule has 2 N–H and O–H groups in total. The Balaban J connectivity index is 3.35. The lowest BCUT2D eigenvalue weighted by atomic mass is 10.2. The molecule has 76 valence electrons. The Labute approximate surface area is 81.1 Å². The average molecular weight is 196 g/mol. The van der Waals surface area contributed by atoms with Gasteiger partial charge in [-0.1, -0.05) is 0 Å². The van der Waals surface area contributed by atoms with Crippen LogP contribution in [0.4, 0.5) is 0 Å². The summed E-state index contributed by atoms with van der Waals surface area (Å²) in [5.74, 6) is 0.253. The van der Waals surface area contributed by atoms with Crippen LogP contribution in [0, 0.1) is 6.92 Å². The zero-order valence-electron chi connectivity index (χ0n) is 8.29. The van der Waals surface area contributed by atoms with E-state index in [1.165, 1.54) is 6.07 Å². The fourth-order valence-corrected chi connectivity index (χ4v) is 1.15. The summed E-state index contributed by atoms with van der Waals surface area (Å²) in [6, 6.07) is 1.38. The van der Waals surface area contributed by atoms with E-state index in [1.54, 1.807) is 20.9 Å². The number of aromatic hydroxyl groups is 1. The van der Waals surface area contributed by atoms with Crippen molar-refractivity contribution in [3.05, 3.63) is 27.8 Å². The molecule has 0 fully saturated rings. The van der Waals surface area contributed by atoms with E-state index in [9.17, 15) is 9.90 Å². The van der Waals surface area contributed by atoms with Gasteiger partial charge in [-0.3, -0.25) is 0 Å². The van der Waals surface area contributed by atoms with E-state index < -0.39 is 5.63 Å². The molecule has 0 spiro atoms. The maximum Gasteiger partial charge on any atom is 0.348 e. The molecule has 5 heteroatoms. The molecule has 0 aliphatic rings. The molecule has 0 saturated carbocycles. The zero-order valence-corrected chi connectivity index (χ0v) is 8.29. The van der Waals surface area contributed by atoms with Gasteiger partial charge in [-0.15, -0.1) is 0 Å². The third-order valence-electron chi connectivity index (χ3n) is 1.70. The third-order valence-corrected chi connectivity index (χ3v) is 1.70. The largest absolute Gasteiger partial charge is 0.507 e. The molecule has 0 unspecified atom stereocenters. The number of aryl methyl sites for hydroxylation is 1. The number of hydrazone groups is 1. The molecule has 0 radical (unpaired) electrons. The Bertz CT molecular complexity index is 421. The summed E-state index contributed by atoms with van der Waals surface area (Å²) in [7, 11) is 1.61. The van der Waals surface area contributed by atoms with E-state index in [4.69, 9.17) is 4.42 Å². The minimum absolute atomic E-state index is 0.0879. The lowest BCUT2D eigenvalue weighted by Gasteiger charge is -2.02. The van der Waals surface area contributed by atoms with Gasteiger partial charge in [0.05, 0.1) is 5.71 Å². The van der Waals surface area contributed by atoms with E-state index in [0.29, 0.717) is 11.5 Å². The molecular formula is C9H12N2O3. The summed E-state index contributed by atoms with van der Waals surface area (Å²) in [6.07, 6.45) is 0. The van der Waals surface area contributed by atoms with E-state index >= 15 is 0 Å². The molecule has 1 aromatic rings. The van der Waals surface area contributed by atoms with Gasteiger partial charge in [0.1, 0.15) is 17.1 Å². The predicted octanol–water partition coefficient (Wildman–Crippen LogP) is 0.597. The van der Waals surface area contributed by atoms with Crippen LogP contribution in [-0.2, 0) is 0 Å². The summed E-state index contributed by atoms with van der Waals surface area (Å²) in [5, 5.41) is 13.3. The smallest absolute Gasteiger partial charge is 0.348 e. The van der Waals surface area contributed by atoms with E-state index in [1.807, 2.05) is 0 Å². The van der Waals surface area contributed by atoms with Crippen molar-refractivity contribution in [2.24, 2.45) is 5.10 Å². The normalized spacial score (nSPS) is 11.5. The fourth-order valence-electron chi connectivity index (χ4n) is 1.15. The van der Waals surface area contributed by atoms with Crippen molar-refractivity contribution in [1.82, 2.24) is 5.43 Å². The van der Waals surface area contributed by atoms with E-state index in [-0.39, 0.29) is 11.3 Å². The molecule has 0 atom stereocenters. The van der Waals surface area contributed by atoms with Crippen molar-refractivity contribution in [2.75, 3.05) is 7.05 Å². The molecular weight excluding hydrogens is 184 g/mol. The standard InChI is InChI=1S/C9H12N2O3/c1-5-4-7(12)8(9(13)14-5)6(2)11-10-3/h4,10,12H,1-3H3/b11-6+. The Morgan fingerprint density at radius 3 is 2.79 bits per heavy atom. The molecule has 14 heavy (non-hydrogen) atoms. The van der Waals surface area contributed by atoms with Crippen molar-refractivity contribution in [3.63, 3.8) is 0 Å². The Morgan fingerprint density at radius 1 is 1.64 bits per heavy atom. The van der Waals surface area contributed by atoms with Crippen LogP contribution in [0.25, 0.3) is 0 Å². The molecule has 0 amide bonds. The van der Waals surface area contributed by atoms with Gasteiger partial charge in [0.25, 0.3) is 0 Å². The second-order valence-corrected chi connectivity index (χ2v) is 2.83. The van der Waals surface area contributed by atoms with Crippen molar-refractivity contribution < 1.29 is 9.52 Å². The highest BCUT2D eigenvalue weighted by atomic mass is 16.4. The van der Waals surface area contributed by atoms with Crippen LogP contribution in [0.1, 0.15) is 18.2 Å². The third kappa shape index (κ3) is 1.93. The Kier molecular flexibility index (Phi) is 2.91. The van der Waals surface area contributed by atoms with Gasteiger partial charge in [0.2, 0.25) is 0 Å². The monoisotopic (exact) mass is 196 g/mol. The lowest BCUT2D eigenvalue weighted by Crippen LogP contribution is -2.15. The highest BCUT2D eigenvalue weighted by Gasteiger charge is 2.12. The van der Waals surface area contributed by atoms with Crippen LogP contribution in [-0.4, -0.2) is 17.9 Å². The molecule has 1 heterocycles. The van der Waals surface area contributed by atoms with Crippen LogP contribution < -0.4 is 11.1 Å². The van der Waals surface area contributed by atoms with Gasteiger partial charge in [0.15, 0.2) is 0 Å². The molecule has 0 bridgehead atoms. The van der Waals surface area contributed by atoms with Crippen LogP contribution >= 0.6 is 0 Å². The highest BCUT2D eigenvalue weighted by molar-refractivity contribution is 6.00. The SMILES string of the molecule is CN/N=C(\C)c1c(O)cc(C)oc1=O. The number of nitrogens with zero attached hydrogens (tertiary/aromatic N) is 1. The average Bonchev–Trinajstić information content (AvgIpc) is 2.01. The quantitative estimate of drug-likeness (QED) is 0.536. The van der Waals surface area contributed by atoms with Gasteiger partial charge in [-0.2, -0.15) is 5.10 Å². The number of rotatable bonds is 2. The maximum atomic E-state index is 11.3. The first-order valence-electron chi connectivity index (χ1n) is 4.11. The van der Waals surface area contributed by atoms with Crippen LogP contribution in [0.3, 0.4) is 0 Å². The molecule has 0 aliphatic heterocycles.